The zero-order valence-corrected chi connectivity index (χ0v) is 15.8. The maximum absolute atomic E-state index is 9.79. The number of hydrogen-bond acceptors (Lipinski definition) is 5. The second-order valence-electron chi connectivity index (χ2n) is 6.97. The van der Waals surface area contributed by atoms with Crippen molar-refractivity contribution in [3.63, 3.8) is 0 Å². The molecule has 1 saturated heterocycles. The van der Waals surface area contributed by atoms with Crippen LogP contribution in [0.15, 0.2) is 12.2 Å². The number of ether oxygens (including phenoxy) is 2. The van der Waals surface area contributed by atoms with Gasteiger partial charge < -0.3 is 24.8 Å². The summed E-state index contributed by atoms with van der Waals surface area (Å²) in [7, 11) is 0. The van der Waals surface area contributed by atoms with E-state index in [0.29, 0.717) is 6.61 Å². The number of aliphatic hydroxyl groups excluding tert-OH is 3. The SMILES string of the molecule is CCCCC/C=C/CCCCCCCO[C@H](CO)[C@H]1OC[C@H](O)[C@H]1O. The van der Waals surface area contributed by atoms with Crippen molar-refractivity contribution in [2.75, 3.05) is 19.8 Å². The summed E-state index contributed by atoms with van der Waals surface area (Å²) >= 11 is 0. The van der Waals surface area contributed by atoms with Crippen LogP contribution in [0, 0.1) is 0 Å². The standard InChI is InChI=1S/C20H38O5/c1-2-3-4-5-6-7-8-9-10-11-12-13-14-24-18(15-21)20-19(23)17(22)16-25-20/h6-7,17-23H,2-5,8-16H2,1H3/b7-6+/t17-,18+,19+,20+/m0/s1. The molecule has 0 aromatic rings. The highest BCUT2D eigenvalue weighted by Crippen LogP contribution is 2.20. The highest BCUT2D eigenvalue weighted by Gasteiger charge is 2.40. The van der Waals surface area contributed by atoms with Crippen molar-refractivity contribution in [3.05, 3.63) is 12.2 Å². The number of unbranched alkanes of at least 4 members (excludes halogenated alkanes) is 8. The van der Waals surface area contributed by atoms with E-state index < -0.39 is 24.4 Å². The maximum atomic E-state index is 9.79. The Balaban J connectivity index is 1.94. The van der Waals surface area contributed by atoms with Gasteiger partial charge in [-0.3, -0.25) is 0 Å². The summed E-state index contributed by atoms with van der Waals surface area (Å²) in [6.45, 7) is 2.66. The van der Waals surface area contributed by atoms with Gasteiger partial charge in [-0.2, -0.15) is 0 Å². The summed E-state index contributed by atoms with van der Waals surface area (Å²) < 4.78 is 10.9. The second kappa shape index (κ2) is 14.7. The molecule has 0 aliphatic carbocycles. The summed E-state index contributed by atoms with van der Waals surface area (Å²) in [4.78, 5) is 0. The van der Waals surface area contributed by atoms with E-state index in [2.05, 4.69) is 19.1 Å². The predicted molar refractivity (Wildman–Crippen MR) is 99.6 cm³/mol. The Bertz CT molecular complexity index is 334. The maximum Gasteiger partial charge on any atom is 0.114 e. The molecule has 148 valence electrons. The highest BCUT2D eigenvalue weighted by atomic mass is 16.6. The van der Waals surface area contributed by atoms with Gasteiger partial charge in [0.25, 0.3) is 0 Å². The summed E-state index contributed by atoms with van der Waals surface area (Å²) in [5.74, 6) is 0. The third-order valence-corrected chi connectivity index (χ3v) is 4.72. The normalized spacial score (nSPS) is 25.0. The molecule has 1 aliphatic rings. The quantitative estimate of drug-likeness (QED) is 0.310. The Morgan fingerprint density at radius 1 is 1.00 bits per heavy atom. The van der Waals surface area contributed by atoms with Crippen LogP contribution in [0.1, 0.15) is 71.1 Å². The minimum atomic E-state index is -0.979. The molecule has 0 aromatic heterocycles. The molecule has 1 fully saturated rings. The van der Waals surface area contributed by atoms with Crippen molar-refractivity contribution in [2.45, 2.75) is 95.5 Å². The molecule has 5 nitrogen and oxygen atoms in total. The Kier molecular flexibility index (Phi) is 13.3. The van der Waals surface area contributed by atoms with Crippen molar-refractivity contribution in [3.8, 4) is 0 Å². The fourth-order valence-corrected chi connectivity index (χ4v) is 3.08. The molecule has 0 unspecified atom stereocenters. The molecule has 0 amide bonds. The van der Waals surface area contributed by atoms with E-state index in [9.17, 15) is 15.3 Å². The first-order chi connectivity index (χ1) is 12.2. The number of hydrogen-bond donors (Lipinski definition) is 3. The Labute approximate surface area is 153 Å². The van der Waals surface area contributed by atoms with Gasteiger partial charge in [-0.15, -0.1) is 0 Å². The Morgan fingerprint density at radius 2 is 1.64 bits per heavy atom. The number of rotatable bonds is 15. The van der Waals surface area contributed by atoms with Gasteiger partial charge >= 0.3 is 0 Å². The molecular formula is C20H38O5. The van der Waals surface area contributed by atoms with Crippen LogP contribution in [0.3, 0.4) is 0 Å². The molecule has 0 radical (unpaired) electrons. The summed E-state index contributed by atoms with van der Waals surface area (Å²) in [5.41, 5.74) is 0. The van der Waals surface area contributed by atoms with Gasteiger partial charge in [-0.1, -0.05) is 51.2 Å². The molecular weight excluding hydrogens is 320 g/mol. The first-order valence-electron chi connectivity index (χ1n) is 10.1. The van der Waals surface area contributed by atoms with Gasteiger partial charge in [0, 0.05) is 6.61 Å². The smallest absolute Gasteiger partial charge is 0.114 e. The topological polar surface area (TPSA) is 79.2 Å². The van der Waals surface area contributed by atoms with E-state index in [-0.39, 0.29) is 13.2 Å². The van der Waals surface area contributed by atoms with Gasteiger partial charge in [0.2, 0.25) is 0 Å². The molecule has 4 atom stereocenters. The van der Waals surface area contributed by atoms with Gasteiger partial charge in [0.15, 0.2) is 0 Å². The largest absolute Gasteiger partial charge is 0.394 e. The van der Waals surface area contributed by atoms with Gasteiger partial charge in [0.1, 0.15) is 24.4 Å². The molecule has 1 heterocycles. The minimum Gasteiger partial charge on any atom is -0.394 e. The summed E-state index contributed by atoms with van der Waals surface area (Å²) in [6.07, 6.45) is 13.6. The lowest BCUT2D eigenvalue weighted by Gasteiger charge is -2.24. The molecule has 0 aromatic carbocycles. The zero-order chi connectivity index (χ0) is 18.3. The Morgan fingerprint density at radius 3 is 2.24 bits per heavy atom. The summed E-state index contributed by atoms with van der Waals surface area (Å²) in [5, 5.41) is 28.6. The van der Waals surface area contributed by atoms with Crippen molar-refractivity contribution >= 4 is 0 Å². The van der Waals surface area contributed by atoms with Crippen molar-refractivity contribution in [1.82, 2.24) is 0 Å². The average Bonchev–Trinajstić information content (AvgIpc) is 2.95. The van der Waals surface area contributed by atoms with Crippen LogP contribution in [0.4, 0.5) is 0 Å². The van der Waals surface area contributed by atoms with Crippen LogP contribution in [-0.4, -0.2) is 59.6 Å². The van der Waals surface area contributed by atoms with Crippen LogP contribution < -0.4 is 0 Å². The van der Waals surface area contributed by atoms with Crippen molar-refractivity contribution in [1.29, 1.82) is 0 Å². The first-order valence-corrected chi connectivity index (χ1v) is 10.1. The van der Waals surface area contributed by atoms with Gasteiger partial charge in [-0.25, -0.2) is 0 Å². The van der Waals surface area contributed by atoms with E-state index in [1.807, 2.05) is 0 Å². The fraction of sp³-hybridized carbons (Fsp3) is 0.900. The van der Waals surface area contributed by atoms with Crippen LogP contribution in [-0.2, 0) is 9.47 Å². The summed E-state index contributed by atoms with van der Waals surface area (Å²) in [6, 6.07) is 0. The van der Waals surface area contributed by atoms with Crippen LogP contribution in [0.5, 0.6) is 0 Å². The molecule has 1 aliphatic heterocycles. The van der Waals surface area contributed by atoms with E-state index in [4.69, 9.17) is 9.47 Å². The number of allylic oxidation sites excluding steroid dienone is 2. The van der Waals surface area contributed by atoms with E-state index in [1.54, 1.807) is 0 Å². The average molecular weight is 359 g/mol. The lowest BCUT2D eigenvalue weighted by atomic mass is 10.1. The lowest BCUT2D eigenvalue weighted by molar-refractivity contribution is -0.101. The van der Waals surface area contributed by atoms with E-state index in [1.165, 1.54) is 51.4 Å². The van der Waals surface area contributed by atoms with Crippen LogP contribution in [0.2, 0.25) is 0 Å². The number of aliphatic hydroxyl groups is 3. The third-order valence-electron chi connectivity index (χ3n) is 4.72. The molecule has 3 N–H and O–H groups in total. The van der Waals surface area contributed by atoms with E-state index in [0.717, 1.165) is 12.8 Å². The molecule has 25 heavy (non-hydrogen) atoms. The van der Waals surface area contributed by atoms with Crippen LogP contribution in [0.25, 0.3) is 0 Å². The van der Waals surface area contributed by atoms with Crippen molar-refractivity contribution in [2.24, 2.45) is 0 Å². The van der Waals surface area contributed by atoms with Crippen LogP contribution >= 0.6 is 0 Å². The zero-order valence-electron chi connectivity index (χ0n) is 15.8. The molecule has 0 saturated carbocycles. The monoisotopic (exact) mass is 358 g/mol. The second-order valence-corrected chi connectivity index (χ2v) is 6.97. The Hall–Kier alpha value is -0.460. The molecule has 0 bridgehead atoms. The predicted octanol–water partition coefficient (Wildman–Crippen LogP) is 2.96. The molecule has 1 rings (SSSR count). The third kappa shape index (κ3) is 9.71. The lowest BCUT2D eigenvalue weighted by Crippen LogP contribution is -2.42. The highest BCUT2D eigenvalue weighted by molar-refractivity contribution is 4.88. The molecule has 5 heteroatoms. The molecule has 0 spiro atoms. The minimum absolute atomic E-state index is 0.0960. The van der Waals surface area contributed by atoms with Crippen molar-refractivity contribution < 1.29 is 24.8 Å². The van der Waals surface area contributed by atoms with Gasteiger partial charge in [-0.05, 0) is 32.1 Å². The fourth-order valence-electron chi connectivity index (χ4n) is 3.08. The van der Waals surface area contributed by atoms with E-state index >= 15 is 0 Å². The first kappa shape index (κ1) is 22.6. The van der Waals surface area contributed by atoms with Gasteiger partial charge in [0.05, 0.1) is 13.2 Å².